The molecule has 13 nitrogen and oxygen atoms in total. The third-order valence-corrected chi connectivity index (χ3v) is 6.49. The topological polar surface area (TPSA) is 170 Å². The summed E-state index contributed by atoms with van der Waals surface area (Å²) >= 11 is 0. The molecule has 2 atom stereocenters. The molecule has 0 spiro atoms. The van der Waals surface area contributed by atoms with Crippen molar-refractivity contribution in [3.63, 3.8) is 0 Å². The summed E-state index contributed by atoms with van der Waals surface area (Å²) in [7, 11) is 0. The highest BCUT2D eigenvalue weighted by Gasteiger charge is 2.42. The van der Waals surface area contributed by atoms with Crippen LogP contribution in [0.3, 0.4) is 0 Å². The van der Waals surface area contributed by atoms with Crippen LogP contribution in [0.2, 0.25) is 0 Å². The fourth-order valence-corrected chi connectivity index (χ4v) is 4.46. The summed E-state index contributed by atoms with van der Waals surface area (Å²) in [4.78, 5) is 66.1. The molecular weight excluding hydrogens is 579 g/mol. The van der Waals surface area contributed by atoms with Crippen LogP contribution in [0.5, 0.6) is 0 Å². The minimum Gasteiger partial charge on any atom is -0.457 e. The molecule has 0 radical (unpaired) electrons. The second kappa shape index (κ2) is 13.1. The molecule has 2 heterocycles. The number of hydrogen-bond donors (Lipinski definition) is 2. The minimum absolute atomic E-state index is 0.0244. The number of carbonyl (C=O) groups is 4. The van der Waals surface area contributed by atoms with Crippen molar-refractivity contribution in [2.75, 3.05) is 23.4 Å². The van der Waals surface area contributed by atoms with Gasteiger partial charge >= 0.3 is 17.7 Å². The molecule has 1 aliphatic heterocycles. The molecule has 3 aromatic carbocycles. The molecule has 0 aliphatic carbocycles. The second-order valence-corrected chi connectivity index (χ2v) is 9.55. The molecule has 4 aromatic rings. The van der Waals surface area contributed by atoms with Crippen LogP contribution in [-0.2, 0) is 35.2 Å². The number of carbonyl (C=O) groups excluding carboxylic acids is 4. The third-order valence-electron chi connectivity index (χ3n) is 6.49. The number of anilines is 2. The Morgan fingerprint density at radius 1 is 1.09 bits per heavy atom. The van der Waals surface area contributed by atoms with Crippen LogP contribution in [0, 0.1) is 5.82 Å². The van der Waals surface area contributed by atoms with Crippen molar-refractivity contribution in [3.8, 4) is 11.4 Å². The molecule has 5 rings (SSSR count). The Bertz CT molecular complexity index is 1750. The van der Waals surface area contributed by atoms with E-state index in [-0.39, 0.29) is 42.4 Å². The molecular formula is C30H25FN4O9. The van der Waals surface area contributed by atoms with Gasteiger partial charge in [-0.2, -0.15) is 0 Å². The molecule has 0 saturated carbocycles. The first-order valence-corrected chi connectivity index (χ1v) is 13.3. The maximum Gasteiger partial charge on any atom is 0.439 e. The molecule has 226 valence electrons. The lowest BCUT2D eigenvalue weighted by molar-refractivity contribution is -0.167. The number of aromatic nitrogens is 2. The first-order chi connectivity index (χ1) is 21.2. The minimum atomic E-state index is -1.74. The van der Waals surface area contributed by atoms with Gasteiger partial charge in [-0.15, -0.1) is 0 Å². The number of morpholine rings is 1. The van der Waals surface area contributed by atoms with Crippen LogP contribution in [0.25, 0.3) is 11.4 Å². The van der Waals surface area contributed by atoms with E-state index in [4.69, 9.17) is 14.2 Å². The van der Waals surface area contributed by atoms with Crippen molar-refractivity contribution in [2.45, 2.75) is 25.7 Å². The summed E-state index contributed by atoms with van der Waals surface area (Å²) in [5.74, 6) is -5.00. The number of rotatable bonds is 9. The molecule has 0 unspecified atom stereocenters. The number of ether oxygens (including phenoxy) is 3. The number of nitrogens with zero attached hydrogens (tertiary/aromatic N) is 2. The van der Waals surface area contributed by atoms with Gasteiger partial charge in [-0.05, 0) is 42.0 Å². The summed E-state index contributed by atoms with van der Waals surface area (Å²) in [6.45, 7) is 1.18. The van der Waals surface area contributed by atoms with E-state index in [1.807, 2.05) is 30.3 Å². The molecule has 2 amide bonds. The first-order valence-electron chi connectivity index (χ1n) is 13.3. The lowest BCUT2D eigenvalue weighted by atomic mass is 10.1. The first kappa shape index (κ1) is 29.8. The van der Waals surface area contributed by atoms with Crippen LogP contribution in [-0.4, -0.2) is 59.3 Å². The Morgan fingerprint density at radius 3 is 2.59 bits per heavy atom. The second-order valence-electron chi connectivity index (χ2n) is 9.55. The van der Waals surface area contributed by atoms with Crippen molar-refractivity contribution >= 4 is 35.1 Å². The van der Waals surface area contributed by atoms with Gasteiger partial charge in [-0.1, -0.05) is 41.6 Å². The summed E-state index contributed by atoms with van der Waals surface area (Å²) in [5, 5.41) is 5.84. The average molecular weight is 605 g/mol. The fraction of sp³-hybridized carbons (Fsp3) is 0.200. The molecule has 0 bridgehead atoms. The lowest BCUT2D eigenvalue weighted by Crippen LogP contribution is -2.56. The molecule has 1 aromatic heterocycles. The van der Waals surface area contributed by atoms with E-state index in [0.29, 0.717) is 5.69 Å². The van der Waals surface area contributed by atoms with Crippen LogP contribution >= 0.6 is 0 Å². The highest BCUT2D eigenvalue weighted by molar-refractivity contribution is 6.05. The number of H-pyrrole nitrogens is 1. The standard InChI is InChI=1S/C30H25FN4O9/c1-17(36)43-24(27(37)32-20-10-11-22(23(31)15-20)26-33-30(40)44-34-26)25-28(38)35(12-13-41-25)21-9-5-8-19(14-21)29(39)42-16-18-6-3-2-4-7-18/h2-11,14-15,24-25H,12-13,16H2,1H3,(H,32,37)(H,33,34,40)/t24-,25-/m1/s1. The molecule has 1 saturated heterocycles. The van der Waals surface area contributed by atoms with E-state index in [1.165, 1.54) is 23.1 Å². The van der Waals surface area contributed by atoms with E-state index >= 15 is 0 Å². The van der Waals surface area contributed by atoms with Crippen molar-refractivity contribution in [3.05, 3.63) is 100 Å². The number of amides is 2. The number of benzene rings is 3. The van der Waals surface area contributed by atoms with E-state index in [0.717, 1.165) is 18.6 Å². The zero-order valence-electron chi connectivity index (χ0n) is 23.2. The van der Waals surface area contributed by atoms with Crippen molar-refractivity contribution in [1.29, 1.82) is 0 Å². The van der Waals surface area contributed by atoms with E-state index in [9.17, 15) is 28.4 Å². The Labute approximate surface area is 248 Å². The Kier molecular flexibility index (Phi) is 8.90. The monoisotopic (exact) mass is 604 g/mol. The van der Waals surface area contributed by atoms with Crippen molar-refractivity contribution in [1.82, 2.24) is 10.1 Å². The van der Waals surface area contributed by atoms with E-state index in [2.05, 4.69) is 20.0 Å². The number of aromatic amines is 1. The summed E-state index contributed by atoms with van der Waals surface area (Å²) in [5.41, 5.74) is 1.20. The predicted molar refractivity (Wildman–Crippen MR) is 151 cm³/mol. The maximum absolute atomic E-state index is 14.7. The van der Waals surface area contributed by atoms with Gasteiger partial charge < -0.3 is 24.4 Å². The quantitative estimate of drug-likeness (QED) is 0.271. The average Bonchev–Trinajstić information content (AvgIpc) is 3.45. The maximum atomic E-state index is 14.7. The fourth-order valence-electron chi connectivity index (χ4n) is 4.46. The lowest BCUT2D eigenvalue weighted by Gasteiger charge is -2.35. The van der Waals surface area contributed by atoms with Crippen LogP contribution < -0.4 is 16.0 Å². The van der Waals surface area contributed by atoms with Gasteiger partial charge in [0.15, 0.2) is 11.9 Å². The van der Waals surface area contributed by atoms with Gasteiger partial charge in [-0.25, -0.2) is 14.0 Å². The molecule has 14 heteroatoms. The van der Waals surface area contributed by atoms with Gasteiger partial charge in [0.25, 0.3) is 11.8 Å². The van der Waals surface area contributed by atoms with E-state index < -0.39 is 47.5 Å². The summed E-state index contributed by atoms with van der Waals surface area (Å²) in [6.07, 6.45) is -3.29. The highest BCUT2D eigenvalue weighted by Crippen LogP contribution is 2.25. The molecule has 1 aliphatic rings. The summed E-state index contributed by atoms with van der Waals surface area (Å²) in [6, 6.07) is 18.8. The van der Waals surface area contributed by atoms with Crippen LogP contribution in [0.1, 0.15) is 22.8 Å². The van der Waals surface area contributed by atoms with Crippen molar-refractivity contribution < 1.29 is 42.3 Å². The third kappa shape index (κ3) is 6.87. The van der Waals surface area contributed by atoms with Gasteiger partial charge in [0.1, 0.15) is 12.4 Å². The Morgan fingerprint density at radius 2 is 1.89 bits per heavy atom. The molecule has 2 N–H and O–H groups in total. The zero-order chi connectivity index (χ0) is 31.2. The summed E-state index contributed by atoms with van der Waals surface area (Å²) < 4.78 is 35.3. The van der Waals surface area contributed by atoms with Crippen LogP contribution in [0.4, 0.5) is 15.8 Å². The van der Waals surface area contributed by atoms with Crippen molar-refractivity contribution in [2.24, 2.45) is 0 Å². The van der Waals surface area contributed by atoms with Gasteiger partial charge in [0.05, 0.1) is 17.7 Å². The SMILES string of the molecule is CC(=O)O[C@@H](C(=O)Nc1ccc(-c2noc(=O)[nH]2)c(F)c1)[C@H]1OCCN(c2cccc(C(=O)OCc3ccccc3)c2)C1=O. The largest absolute Gasteiger partial charge is 0.457 e. The van der Waals surface area contributed by atoms with E-state index in [1.54, 1.807) is 18.2 Å². The smallest absolute Gasteiger partial charge is 0.439 e. The van der Waals surface area contributed by atoms with Gasteiger partial charge in [-0.3, -0.25) is 23.9 Å². The predicted octanol–water partition coefficient (Wildman–Crippen LogP) is 2.83. The van der Waals surface area contributed by atoms with Crippen LogP contribution in [0.15, 0.2) is 82.1 Å². The molecule has 44 heavy (non-hydrogen) atoms. The number of halogens is 1. The number of nitrogens with one attached hydrogen (secondary N) is 2. The number of esters is 2. The zero-order valence-corrected chi connectivity index (χ0v) is 23.2. The normalized spacial score (nSPS) is 15.4. The highest BCUT2D eigenvalue weighted by atomic mass is 19.1. The Hall–Kier alpha value is -5.63. The van der Waals surface area contributed by atoms with Gasteiger partial charge in [0, 0.05) is 24.8 Å². The number of hydrogen-bond acceptors (Lipinski definition) is 10. The van der Waals surface area contributed by atoms with Gasteiger partial charge in [0.2, 0.25) is 6.10 Å². The molecule has 1 fully saturated rings. The Balaban J connectivity index is 1.31.